The van der Waals surface area contributed by atoms with E-state index in [2.05, 4.69) is 13.8 Å². The maximum absolute atomic E-state index is 13.2. The highest BCUT2D eigenvalue weighted by molar-refractivity contribution is 6.48. The molecule has 0 nitrogen and oxygen atoms in total. The third-order valence-corrected chi connectivity index (χ3v) is 11.8. The minimum absolute atomic E-state index is 0.147. The second-order valence-electron chi connectivity index (χ2n) is 13.9. The third kappa shape index (κ3) is 11.7. The van der Waals surface area contributed by atoms with Crippen LogP contribution in [0.1, 0.15) is 168 Å². The molecule has 0 aromatic heterocycles. The van der Waals surface area contributed by atoms with Crippen molar-refractivity contribution in [2.24, 2.45) is 35.5 Å². The molecule has 0 amide bonds. The Morgan fingerprint density at radius 3 is 1.21 bits per heavy atom. The Morgan fingerprint density at radius 2 is 0.842 bits per heavy atom. The lowest BCUT2D eigenvalue weighted by molar-refractivity contribution is -0.0550. The zero-order chi connectivity index (χ0) is 27.4. The molecule has 0 spiro atoms. The third-order valence-electron chi connectivity index (χ3n) is 11.1. The van der Waals surface area contributed by atoms with Crippen molar-refractivity contribution in [3.8, 4) is 0 Å². The van der Waals surface area contributed by atoms with Gasteiger partial charge in [0.15, 0.2) is 0 Å². The van der Waals surface area contributed by atoms with Crippen molar-refractivity contribution in [2.45, 2.75) is 178 Å². The van der Waals surface area contributed by atoms with Crippen molar-refractivity contribution < 1.29 is 8.78 Å². The Bertz CT molecular complexity index is 546. The maximum atomic E-state index is 13.2. The molecule has 38 heavy (non-hydrogen) atoms. The summed E-state index contributed by atoms with van der Waals surface area (Å²) in [6.45, 7) is 4.56. The Hall–Kier alpha value is 0.440. The van der Waals surface area contributed by atoms with Gasteiger partial charge in [0.25, 0.3) is 0 Å². The van der Waals surface area contributed by atoms with Gasteiger partial charge in [-0.1, -0.05) is 90.9 Å². The molecule has 0 bridgehead atoms. The molecule has 4 aliphatic rings. The summed E-state index contributed by atoms with van der Waals surface area (Å²) in [5.41, 5.74) is 0. The minimum atomic E-state index is -2.35. The van der Waals surface area contributed by atoms with Gasteiger partial charge in [-0.05, 0) is 99.7 Å². The first-order valence-corrected chi connectivity index (χ1v) is 17.7. The van der Waals surface area contributed by atoms with Crippen molar-refractivity contribution in [3.63, 3.8) is 0 Å². The average molecular weight is 578 g/mol. The van der Waals surface area contributed by atoms with Crippen molar-refractivity contribution in [2.75, 3.05) is 0 Å². The van der Waals surface area contributed by atoms with Crippen LogP contribution in [0.2, 0.25) is 0 Å². The molecule has 4 fully saturated rings. The lowest BCUT2D eigenvalue weighted by Crippen LogP contribution is -2.30. The van der Waals surface area contributed by atoms with Crippen LogP contribution in [0.15, 0.2) is 0 Å². The first-order valence-electron chi connectivity index (χ1n) is 17.0. The summed E-state index contributed by atoms with van der Waals surface area (Å²) >= 11 is 12.5. The molecule has 0 unspecified atom stereocenters. The summed E-state index contributed by atoms with van der Waals surface area (Å²) in [6, 6.07) is 0. The first-order chi connectivity index (χ1) is 18.2. The highest BCUT2D eigenvalue weighted by Crippen LogP contribution is 2.47. The first kappa shape index (κ1) is 32.9. The van der Waals surface area contributed by atoms with E-state index in [9.17, 15) is 8.78 Å². The van der Waals surface area contributed by atoms with E-state index in [0.29, 0.717) is 5.92 Å². The maximum Gasteiger partial charge on any atom is 0.248 e. The summed E-state index contributed by atoms with van der Waals surface area (Å²) in [6.07, 6.45) is 28.9. The van der Waals surface area contributed by atoms with Crippen molar-refractivity contribution >= 4 is 23.2 Å². The number of unbranched alkanes of at least 4 members (excludes halogenated alkanes) is 4. The molecule has 0 atom stereocenters. The molecular weight excluding hydrogens is 517 g/mol. The summed E-state index contributed by atoms with van der Waals surface area (Å²) in [4.78, 5) is 0. The molecule has 4 aliphatic carbocycles. The lowest BCUT2D eigenvalue weighted by Gasteiger charge is -2.38. The molecule has 0 aliphatic heterocycles. The van der Waals surface area contributed by atoms with Gasteiger partial charge in [-0.3, -0.25) is 0 Å². The van der Waals surface area contributed by atoms with E-state index in [1.54, 1.807) is 0 Å². The van der Waals surface area contributed by atoms with Crippen LogP contribution >= 0.6 is 23.2 Å². The fourth-order valence-electron chi connectivity index (χ4n) is 8.33. The number of rotatable bonds is 10. The van der Waals surface area contributed by atoms with Crippen molar-refractivity contribution in [1.82, 2.24) is 0 Å². The van der Waals surface area contributed by atoms with Gasteiger partial charge in [0.05, 0.1) is 0 Å². The minimum Gasteiger partial charge on any atom is -0.207 e. The molecule has 0 N–H and O–H groups in total. The predicted octanol–water partition coefficient (Wildman–Crippen LogP) is 12.9. The molecule has 0 aromatic rings. The Morgan fingerprint density at radius 1 is 0.500 bits per heavy atom. The fourth-order valence-corrected chi connectivity index (χ4v) is 8.77. The highest BCUT2D eigenvalue weighted by Gasteiger charge is 2.38. The van der Waals surface area contributed by atoms with Crippen LogP contribution in [0, 0.1) is 35.5 Å². The van der Waals surface area contributed by atoms with E-state index in [0.717, 1.165) is 55.3 Å². The van der Waals surface area contributed by atoms with Crippen LogP contribution in [-0.4, -0.2) is 10.3 Å². The summed E-state index contributed by atoms with van der Waals surface area (Å²) in [7, 11) is 0. The van der Waals surface area contributed by atoms with E-state index in [4.69, 9.17) is 23.2 Å². The molecule has 224 valence electrons. The van der Waals surface area contributed by atoms with Gasteiger partial charge in [-0.25, -0.2) is 8.78 Å². The fraction of sp³-hybridized carbons (Fsp3) is 1.00. The standard InChI is InChI=1S/C17H30Cl2.C17H30F2/c2*1-2-3-4-5-14-6-8-15(9-7-14)16-10-12-17(18,19)13-11-16/h2*14-16H,2-13H2,1H3. The van der Waals surface area contributed by atoms with E-state index in [1.165, 1.54) is 116 Å². The normalized spacial score (nSPS) is 32.4. The summed E-state index contributed by atoms with van der Waals surface area (Å²) < 4.78 is 26.0. The SMILES string of the molecule is CCCCCC1CCC(C2CCC(Cl)(Cl)CC2)CC1.CCCCCC1CCC(C2CCC(F)(F)CC2)CC1. The highest BCUT2D eigenvalue weighted by atomic mass is 35.5. The van der Waals surface area contributed by atoms with Gasteiger partial charge in [-0.2, -0.15) is 0 Å². The van der Waals surface area contributed by atoms with Crippen LogP contribution in [0.25, 0.3) is 0 Å². The Balaban J connectivity index is 0.000000211. The van der Waals surface area contributed by atoms with E-state index >= 15 is 0 Å². The van der Waals surface area contributed by atoms with Gasteiger partial charge in [0, 0.05) is 12.8 Å². The van der Waals surface area contributed by atoms with Gasteiger partial charge < -0.3 is 0 Å². The second kappa shape index (κ2) is 16.8. The largest absolute Gasteiger partial charge is 0.248 e. The molecular formula is C34H60Cl2F2. The van der Waals surface area contributed by atoms with Crippen LogP contribution in [0.3, 0.4) is 0 Å². The quantitative estimate of drug-likeness (QED) is 0.179. The van der Waals surface area contributed by atoms with Crippen LogP contribution in [0.4, 0.5) is 8.78 Å². The number of halogens is 4. The molecule has 0 heterocycles. The molecule has 4 saturated carbocycles. The second-order valence-corrected chi connectivity index (χ2v) is 15.6. The molecule has 0 saturated heterocycles. The summed E-state index contributed by atoms with van der Waals surface area (Å²) in [5.74, 6) is 2.89. The average Bonchev–Trinajstić information content (AvgIpc) is 2.90. The smallest absolute Gasteiger partial charge is 0.207 e. The van der Waals surface area contributed by atoms with Crippen LogP contribution in [0.5, 0.6) is 0 Å². The molecule has 0 aromatic carbocycles. The molecule has 0 radical (unpaired) electrons. The van der Waals surface area contributed by atoms with Gasteiger partial charge in [0.2, 0.25) is 5.92 Å². The predicted molar refractivity (Wildman–Crippen MR) is 162 cm³/mol. The van der Waals surface area contributed by atoms with Gasteiger partial charge in [0.1, 0.15) is 4.33 Å². The van der Waals surface area contributed by atoms with E-state index in [1.807, 2.05) is 0 Å². The van der Waals surface area contributed by atoms with Gasteiger partial charge >= 0.3 is 0 Å². The van der Waals surface area contributed by atoms with Crippen molar-refractivity contribution in [3.05, 3.63) is 0 Å². The monoisotopic (exact) mass is 576 g/mol. The van der Waals surface area contributed by atoms with E-state index in [-0.39, 0.29) is 12.8 Å². The Labute approximate surface area is 245 Å². The number of hydrogen-bond acceptors (Lipinski definition) is 0. The van der Waals surface area contributed by atoms with Crippen LogP contribution < -0.4 is 0 Å². The topological polar surface area (TPSA) is 0 Å². The molecule has 4 rings (SSSR count). The number of hydrogen-bond donors (Lipinski definition) is 0. The Kier molecular flexibility index (Phi) is 14.5. The summed E-state index contributed by atoms with van der Waals surface area (Å²) in [5, 5.41) is 0. The number of alkyl halides is 4. The zero-order valence-electron chi connectivity index (χ0n) is 24.9. The van der Waals surface area contributed by atoms with Crippen LogP contribution in [-0.2, 0) is 0 Å². The van der Waals surface area contributed by atoms with Crippen molar-refractivity contribution in [1.29, 1.82) is 0 Å². The lowest BCUT2D eigenvalue weighted by atomic mass is 9.70. The van der Waals surface area contributed by atoms with Gasteiger partial charge in [-0.15, -0.1) is 23.2 Å². The zero-order valence-corrected chi connectivity index (χ0v) is 26.5. The van der Waals surface area contributed by atoms with E-state index < -0.39 is 10.3 Å². The molecule has 4 heteroatoms.